The number of H-pyrrole nitrogens is 1. The summed E-state index contributed by atoms with van der Waals surface area (Å²) in [6.45, 7) is 0.532. The summed E-state index contributed by atoms with van der Waals surface area (Å²) in [5, 5.41) is 1.01. The smallest absolute Gasteiger partial charge is 0.271 e. The van der Waals surface area contributed by atoms with E-state index in [4.69, 9.17) is 4.74 Å². The third kappa shape index (κ3) is 3.10. The molecule has 5 heteroatoms. The molecule has 1 amide bonds. The van der Waals surface area contributed by atoms with Crippen LogP contribution in [0, 0.1) is 0 Å². The number of halogens is 1. The number of hydrogen-bond donors (Lipinski definition) is 1. The van der Waals surface area contributed by atoms with Crippen LogP contribution >= 0.6 is 15.9 Å². The van der Waals surface area contributed by atoms with Gasteiger partial charge in [0.05, 0.1) is 11.6 Å². The summed E-state index contributed by atoms with van der Waals surface area (Å²) in [4.78, 5) is 17.6. The lowest BCUT2D eigenvalue weighted by molar-refractivity contribution is 0.0779. The van der Waals surface area contributed by atoms with Crippen LogP contribution in [0.1, 0.15) is 16.1 Å². The Morgan fingerprint density at radius 2 is 1.87 bits per heavy atom. The van der Waals surface area contributed by atoms with Crippen LogP contribution in [0.4, 0.5) is 0 Å². The van der Waals surface area contributed by atoms with E-state index in [2.05, 4.69) is 20.9 Å². The average molecular weight is 373 g/mol. The highest BCUT2D eigenvalue weighted by Crippen LogP contribution is 2.28. The highest BCUT2D eigenvalue weighted by atomic mass is 79.9. The number of nitrogens with one attached hydrogen (secondary N) is 1. The highest BCUT2D eigenvalue weighted by molar-refractivity contribution is 9.10. The molecule has 0 aliphatic rings. The van der Waals surface area contributed by atoms with Crippen molar-refractivity contribution in [3.8, 4) is 5.75 Å². The summed E-state index contributed by atoms with van der Waals surface area (Å²) in [5.74, 6) is 0.755. The first-order valence-corrected chi connectivity index (χ1v) is 8.04. The van der Waals surface area contributed by atoms with Gasteiger partial charge >= 0.3 is 0 Å². The molecule has 118 valence electrons. The van der Waals surface area contributed by atoms with Gasteiger partial charge in [-0.3, -0.25) is 4.79 Å². The van der Waals surface area contributed by atoms with Gasteiger partial charge in [0.15, 0.2) is 0 Å². The maximum absolute atomic E-state index is 12.7. The van der Waals surface area contributed by atoms with Crippen LogP contribution < -0.4 is 4.74 Å². The molecule has 1 aromatic heterocycles. The quantitative estimate of drug-likeness (QED) is 0.745. The van der Waals surface area contributed by atoms with Crippen LogP contribution in [0.25, 0.3) is 10.9 Å². The van der Waals surface area contributed by atoms with Crippen molar-refractivity contribution in [1.82, 2.24) is 9.88 Å². The molecule has 0 aliphatic heterocycles. The Kier molecular flexibility index (Phi) is 4.39. The van der Waals surface area contributed by atoms with Gasteiger partial charge in [0.25, 0.3) is 5.91 Å². The van der Waals surface area contributed by atoms with E-state index < -0.39 is 0 Å². The fraction of sp³-hybridized carbons (Fsp3) is 0.167. The number of amides is 1. The van der Waals surface area contributed by atoms with E-state index in [1.165, 1.54) is 0 Å². The molecule has 3 aromatic rings. The van der Waals surface area contributed by atoms with Crippen molar-refractivity contribution in [2.75, 3.05) is 14.2 Å². The zero-order valence-corrected chi connectivity index (χ0v) is 14.6. The Bertz CT molecular complexity index is 840. The number of carbonyl (C=O) groups is 1. The first kappa shape index (κ1) is 15.6. The van der Waals surface area contributed by atoms with Crippen molar-refractivity contribution in [3.05, 3.63) is 64.3 Å². The summed E-state index contributed by atoms with van der Waals surface area (Å²) in [7, 11) is 3.43. The van der Waals surface area contributed by atoms with Gasteiger partial charge in [0, 0.05) is 24.5 Å². The number of para-hydroxylation sites is 1. The number of hydrogen-bond acceptors (Lipinski definition) is 2. The second kappa shape index (κ2) is 6.46. The second-order valence-corrected chi connectivity index (χ2v) is 6.16. The van der Waals surface area contributed by atoms with Crippen molar-refractivity contribution in [3.63, 3.8) is 0 Å². The van der Waals surface area contributed by atoms with Crippen molar-refractivity contribution >= 4 is 32.7 Å². The number of ether oxygens (including phenoxy) is 1. The van der Waals surface area contributed by atoms with Gasteiger partial charge < -0.3 is 14.6 Å². The molecule has 0 fully saturated rings. The molecule has 0 saturated carbocycles. The summed E-state index contributed by atoms with van der Waals surface area (Å²) in [5.41, 5.74) is 2.57. The van der Waals surface area contributed by atoms with Crippen LogP contribution in [-0.2, 0) is 6.54 Å². The van der Waals surface area contributed by atoms with Crippen LogP contribution in [0.5, 0.6) is 5.75 Å². The lowest BCUT2D eigenvalue weighted by Gasteiger charge is -2.17. The predicted molar refractivity (Wildman–Crippen MR) is 94.8 cm³/mol. The lowest BCUT2D eigenvalue weighted by Crippen LogP contribution is -2.26. The molecule has 0 radical (unpaired) electrons. The number of aromatic nitrogens is 1. The van der Waals surface area contributed by atoms with E-state index >= 15 is 0 Å². The van der Waals surface area contributed by atoms with Gasteiger partial charge in [-0.05, 0) is 39.7 Å². The summed E-state index contributed by atoms with van der Waals surface area (Å²) >= 11 is 3.53. The van der Waals surface area contributed by atoms with E-state index in [9.17, 15) is 4.79 Å². The maximum Gasteiger partial charge on any atom is 0.271 e. The average Bonchev–Trinajstić information content (AvgIpc) is 2.92. The zero-order chi connectivity index (χ0) is 16.4. The minimum Gasteiger partial charge on any atom is -0.497 e. The molecule has 23 heavy (non-hydrogen) atoms. The Morgan fingerprint density at radius 1 is 1.17 bits per heavy atom. The van der Waals surface area contributed by atoms with Crippen LogP contribution in [0.15, 0.2) is 53.0 Å². The van der Waals surface area contributed by atoms with Crippen LogP contribution in [-0.4, -0.2) is 29.9 Å². The predicted octanol–water partition coefficient (Wildman–Crippen LogP) is 4.21. The summed E-state index contributed by atoms with van der Waals surface area (Å²) < 4.78 is 5.95. The molecule has 1 heterocycles. The molecule has 0 spiro atoms. The number of rotatable bonds is 4. The van der Waals surface area contributed by atoms with Gasteiger partial charge in [-0.1, -0.05) is 30.3 Å². The monoisotopic (exact) mass is 372 g/mol. The van der Waals surface area contributed by atoms with Crippen molar-refractivity contribution < 1.29 is 9.53 Å². The molecule has 0 saturated heterocycles. The molecule has 3 rings (SSSR count). The van der Waals surface area contributed by atoms with Crippen molar-refractivity contribution in [2.45, 2.75) is 6.54 Å². The number of carbonyl (C=O) groups excluding carboxylic acids is 1. The minimum atomic E-state index is -0.0520. The third-order valence-corrected chi connectivity index (χ3v) is 4.61. The van der Waals surface area contributed by atoms with E-state index in [0.717, 1.165) is 26.7 Å². The number of nitrogens with zero attached hydrogens (tertiary/aromatic N) is 1. The van der Waals surface area contributed by atoms with E-state index in [0.29, 0.717) is 12.2 Å². The number of benzene rings is 2. The van der Waals surface area contributed by atoms with E-state index in [1.807, 2.05) is 48.5 Å². The molecular formula is C18H17BrN2O2. The van der Waals surface area contributed by atoms with Gasteiger partial charge in [-0.25, -0.2) is 0 Å². The third-order valence-electron chi connectivity index (χ3n) is 3.78. The number of fused-ring (bicyclic) bond motifs is 1. The Labute approximate surface area is 143 Å². The van der Waals surface area contributed by atoms with E-state index in [1.54, 1.807) is 19.1 Å². The Morgan fingerprint density at radius 3 is 2.52 bits per heavy atom. The topological polar surface area (TPSA) is 45.3 Å². The Balaban J connectivity index is 1.81. The molecular weight excluding hydrogens is 356 g/mol. The number of aromatic amines is 1. The summed E-state index contributed by atoms with van der Waals surface area (Å²) in [6, 6.07) is 15.6. The number of methoxy groups -OCH3 is 1. The Hall–Kier alpha value is -2.27. The lowest BCUT2D eigenvalue weighted by atomic mass is 10.2. The van der Waals surface area contributed by atoms with Crippen molar-refractivity contribution in [2.24, 2.45) is 0 Å². The minimum absolute atomic E-state index is 0.0520. The molecule has 0 atom stereocenters. The fourth-order valence-electron chi connectivity index (χ4n) is 2.52. The first-order chi connectivity index (χ1) is 11.1. The molecule has 0 bridgehead atoms. The van der Waals surface area contributed by atoms with E-state index in [-0.39, 0.29) is 5.91 Å². The largest absolute Gasteiger partial charge is 0.497 e. The molecule has 4 nitrogen and oxygen atoms in total. The fourth-order valence-corrected chi connectivity index (χ4v) is 3.14. The molecule has 2 aromatic carbocycles. The first-order valence-electron chi connectivity index (χ1n) is 7.24. The van der Waals surface area contributed by atoms with Gasteiger partial charge in [0.2, 0.25) is 0 Å². The van der Waals surface area contributed by atoms with Crippen LogP contribution in [0.2, 0.25) is 0 Å². The van der Waals surface area contributed by atoms with Gasteiger partial charge in [-0.2, -0.15) is 0 Å². The highest BCUT2D eigenvalue weighted by Gasteiger charge is 2.19. The van der Waals surface area contributed by atoms with Crippen molar-refractivity contribution in [1.29, 1.82) is 0 Å². The van der Waals surface area contributed by atoms with Crippen LogP contribution in [0.3, 0.4) is 0 Å². The summed E-state index contributed by atoms with van der Waals surface area (Å²) in [6.07, 6.45) is 0. The molecule has 0 aliphatic carbocycles. The standard InChI is InChI=1S/C18H17BrN2O2/c1-21(11-12-7-9-13(23-2)10-8-12)18(22)17-16(19)14-5-3-4-6-15(14)20-17/h3-10,20H,11H2,1-2H3. The maximum atomic E-state index is 12.7. The SMILES string of the molecule is COc1ccc(CN(C)C(=O)c2[nH]c3ccccc3c2Br)cc1. The zero-order valence-electron chi connectivity index (χ0n) is 13.0. The molecule has 0 unspecified atom stereocenters. The normalized spacial score (nSPS) is 10.7. The molecule has 1 N–H and O–H groups in total. The van der Waals surface area contributed by atoms with Gasteiger partial charge in [0.1, 0.15) is 11.4 Å². The second-order valence-electron chi connectivity index (χ2n) is 5.37. The van der Waals surface area contributed by atoms with Gasteiger partial charge in [-0.15, -0.1) is 0 Å².